The number of urea groups is 4. The van der Waals surface area contributed by atoms with Gasteiger partial charge in [-0.05, 0) is 85.6 Å². The van der Waals surface area contributed by atoms with E-state index in [-0.39, 0.29) is 22.9 Å². The average molecular weight is 779 g/mol. The summed E-state index contributed by atoms with van der Waals surface area (Å²) >= 11 is 0. The van der Waals surface area contributed by atoms with Gasteiger partial charge >= 0.3 is 24.1 Å². The first-order valence-electron chi connectivity index (χ1n) is 17.0. The highest BCUT2D eigenvalue weighted by Gasteiger charge is 2.19. The van der Waals surface area contributed by atoms with Crippen LogP contribution in [0.3, 0.4) is 0 Å². The molecule has 54 heavy (non-hydrogen) atoms. The number of rotatable bonds is 17. The maximum Gasteiger partial charge on any atom is 0.328 e. The van der Waals surface area contributed by atoms with Gasteiger partial charge in [0.1, 0.15) is 0 Å². The minimum Gasteiger partial charge on any atom is -0.337 e. The number of nitrogens with one attached hydrogen (secondary N) is 8. The number of unbranched alkanes of at least 4 members (excludes halogenated alkanes) is 5. The van der Waals surface area contributed by atoms with Crippen molar-refractivity contribution < 1.29 is 36.0 Å². The molecule has 0 radical (unpaired) electrons. The molecule has 4 rings (SSSR count). The standard InChI is InChI=1S/C36H42N8O8S2/c45-33(43-53(49,50)31-21-17-29(18-22-31)41-35(47)39-27-13-7-5-8-14-27)37-25-11-3-1-2-4-12-26-38-34(46)44-54(51,52)32-23-19-30(20-24-32)42-36(48)40-28-15-9-6-10-16-28/h5-10,13-24H,1-4,11-12,25-26H2,(H2,37,43,45)(H2,38,44,46)(H2,39,41,47)(H2,40,42,48). The SMILES string of the molecule is O=C(Nc1ccccc1)Nc1ccc(S(=O)(=O)NC(=O)NCCCCCCCCNC(=O)NS(=O)(=O)c2ccc(NC(=O)Nc3ccccc3)cc2)cc1. The van der Waals surface area contributed by atoms with Crippen molar-refractivity contribution in [3.05, 3.63) is 109 Å². The Hall–Kier alpha value is -6.14. The normalized spacial score (nSPS) is 11.0. The van der Waals surface area contributed by atoms with Gasteiger partial charge < -0.3 is 31.9 Å². The molecule has 0 saturated carbocycles. The highest BCUT2D eigenvalue weighted by molar-refractivity contribution is 7.90. The van der Waals surface area contributed by atoms with E-state index in [0.29, 0.717) is 35.6 Å². The van der Waals surface area contributed by atoms with Crippen LogP contribution in [0.5, 0.6) is 0 Å². The zero-order valence-electron chi connectivity index (χ0n) is 29.1. The summed E-state index contributed by atoms with van der Waals surface area (Å²) in [4.78, 5) is 48.4. The number of para-hydroxylation sites is 2. The third kappa shape index (κ3) is 14.1. The van der Waals surface area contributed by atoms with Crippen molar-refractivity contribution in [2.24, 2.45) is 0 Å². The summed E-state index contributed by atoms with van der Waals surface area (Å²) in [5, 5.41) is 15.6. The minimum absolute atomic E-state index is 0.147. The largest absolute Gasteiger partial charge is 0.337 e. The number of carbonyl (C=O) groups excluding carboxylic acids is 4. The Balaban J connectivity index is 1.02. The molecule has 16 nitrogen and oxygen atoms in total. The first kappa shape index (κ1) is 40.6. The number of hydrogen-bond acceptors (Lipinski definition) is 8. The Labute approximate surface area is 314 Å². The summed E-state index contributed by atoms with van der Waals surface area (Å²) in [7, 11) is -8.26. The lowest BCUT2D eigenvalue weighted by atomic mass is 10.1. The molecule has 0 aliphatic rings. The molecule has 0 aromatic heterocycles. The number of benzene rings is 4. The van der Waals surface area contributed by atoms with Crippen LogP contribution >= 0.6 is 0 Å². The fraction of sp³-hybridized carbons (Fsp3) is 0.222. The van der Waals surface area contributed by atoms with E-state index in [1.54, 1.807) is 48.5 Å². The van der Waals surface area contributed by atoms with Gasteiger partial charge in [0.05, 0.1) is 9.79 Å². The van der Waals surface area contributed by atoms with E-state index < -0.39 is 44.2 Å². The summed E-state index contributed by atoms with van der Waals surface area (Å²) < 4.78 is 54.3. The van der Waals surface area contributed by atoms with Gasteiger partial charge in [0.2, 0.25) is 0 Å². The minimum atomic E-state index is -4.13. The molecule has 0 spiro atoms. The second kappa shape index (κ2) is 20.2. The molecule has 0 fully saturated rings. The van der Waals surface area contributed by atoms with Crippen LogP contribution in [0.1, 0.15) is 38.5 Å². The molecule has 8 N–H and O–H groups in total. The van der Waals surface area contributed by atoms with Gasteiger partial charge in [-0.3, -0.25) is 0 Å². The topological polar surface area (TPSA) is 233 Å². The fourth-order valence-electron chi connectivity index (χ4n) is 4.86. The smallest absolute Gasteiger partial charge is 0.328 e. The van der Waals surface area contributed by atoms with Crippen LogP contribution in [0, 0.1) is 0 Å². The third-order valence-corrected chi connectivity index (χ3v) is 10.2. The summed E-state index contributed by atoms with van der Waals surface area (Å²) in [6.07, 6.45) is 4.47. The molecule has 0 bridgehead atoms. The van der Waals surface area contributed by atoms with Gasteiger partial charge in [-0.25, -0.2) is 45.5 Å². The number of sulfonamides is 2. The zero-order chi connectivity index (χ0) is 38.8. The van der Waals surface area contributed by atoms with Crippen molar-refractivity contribution in [3.8, 4) is 0 Å². The van der Waals surface area contributed by atoms with Crippen molar-refractivity contribution in [3.63, 3.8) is 0 Å². The van der Waals surface area contributed by atoms with Crippen molar-refractivity contribution in [2.45, 2.75) is 48.3 Å². The zero-order valence-corrected chi connectivity index (χ0v) is 30.8. The van der Waals surface area contributed by atoms with E-state index in [2.05, 4.69) is 31.9 Å². The lowest BCUT2D eigenvalue weighted by molar-refractivity contribution is 0.244. The van der Waals surface area contributed by atoms with E-state index in [9.17, 15) is 36.0 Å². The number of hydrogen-bond donors (Lipinski definition) is 8. The monoisotopic (exact) mass is 778 g/mol. The van der Waals surface area contributed by atoms with Crippen molar-refractivity contribution in [2.75, 3.05) is 34.4 Å². The quantitative estimate of drug-likeness (QED) is 0.0592. The molecule has 18 heteroatoms. The molecular weight excluding hydrogens is 737 g/mol. The molecule has 0 atom stereocenters. The molecule has 0 saturated heterocycles. The summed E-state index contributed by atoms with van der Waals surface area (Å²) in [6.45, 7) is 0.527. The van der Waals surface area contributed by atoms with Crippen LogP contribution < -0.4 is 41.3 Å². The molecule has 0 unspecified atom stereocenters. The second-order valence-electron chi connectivity index (χ2n) is 11.8. The number of carbonyl (C=O) groups is 4. The lowest BCUT2D eigenvalue weighted by Crippen LogP contribution is -2.39. The average Bonchev–Trinajstić information content (AvgIpc) is 3.13. The van der Waals surface area contributed by atoms with Crippen LogP contribution in [0.15, 0.2) is 119 Å². The predicted octanol–water partition coefficient (Wildman–Crippen LogP) is 5.99. The van der Waals surface area contributed by atoms with Crippen LogP contribution in [-0.2, 0) is 20.0 Å². The molecule has 0 heterocycles. The molecule has 0 aliphatic carbocycles. The van der Waals surface area contributed by atoms with Gasteiger partial charge in [-0.2, -0.15) is 0 Å². The van der Waals surface area contributed by atoms with Crippen LogP contribution in [0.2, 0.25) is 0 Å². The van der Waals surface area contributed by atoms with Crippen LogP contribution in [0.25, 0.3) is 0 Å². The van der Waals surface area contributed by atoms with E-state index in [0.717, 1.165) is 25.7 Å². The van der Waals surface area contributed by atoms with E-state index in [1.165, 1.54) is 48.5 Å². The van der Waals surface area contributed by atoms with Crippen molar-refractivity contribution >= 4 is 66.9 Å². The predicted molar refractivity (Wildman–Crippen MR) is 206 cm³/mol. The van der Waals surface area contributed by atoms with Gasteiger partial charge in [-0.15, -0.1) is 0 Å². The summed E-state index contributed by atoms with van der Waals surface area (Å²) in [5.74, 6) is 0. The molecule has 4 aromatic rings. The van der Waals surface area contributed by atoms with Gasteiger partial charge in [0.25, 0.3) is 20.0 Å². The Morgan fingerprint density at radius 2 is 0.667 bits per heavy atom. The third-order valence-electron chi connectivity index (χ3n) is 7.54. The Kier molecular flexibility index (Phi) is 15.2. The van der Waals surface area contributed by atoms with E-state index in [1.807, 2.05) is 21.6 Å². The molecule has 0 aliphatic heterocycles. The van der Waals surface area contributed by atoms with Gasteiger partial charge in [0.15, 0.2) is 0 Å². The van der Waals surface area contributed by atoms with E-state index in [4.69, 9.17) is 0 Å². The molecule has 286 valence electrons. The summed E-state index contributed by atoms with van der Waals surface area (Å²) in [6, 6.07) is 25.6. The van der Waals surface area contributed by atoms with Crippen LogP contribution in [0.4, 0.5) is 41.9 Å². The first-order chi connectivity index (χ1) is 25.9. The van der Waals surface area contributed by atoms with Gasteiger partial charge in [-0.1, -0.05) is 62.1 Å². The fourth-order valence-corrected chi connectivity index (χ4v) is 6.72. The maximum absolute atomic E-state index is 12.6. The van der Waals surface area contributed by atoms with Crippen molar-refractivity contribution in [1.29, 1.82) is 0 Å². The van der Waals surface area contributed by atoms with Gasteiger partial charge in [0, 0.05) is 35.8 Å². The lowest BCUT2D eigenvalue weighted by Gasteiger charge is -2.11. The number of anilines is 4. The summed E-state index contributed by atoms with van der Waals surface area (Å²) in [5.41, 5.74) is 1.92. The highest BCUT2D eigenvalue weighted by Crippen LogP contribution is 2.16. The number of amides is 8. The first-order valence-corrected chi connectivity index (χ1v) is 19.9. The second-order valence-corrected chi connectivity index (χ2v) is 15.1. The highest BCUT2D eigenvalue weighted by atomic mass is 32.2. The maximum atomic E-state index is 12.6. The Morgan fingerprint density at radius 1 is 0.370 bits per heavy atom. The Morgan fingerprint density at radius 3 is 1.00 bits per heavy atom. The van der Waals surface area contributed by atoms with E-state index >= 15 is 0 Å². The van der Waals surface area contributed by atoms with Crippen LogP contribution in [-0.4, -0.2) is 54.0 Å². The molecule has 8 amide bonds. The van der Waals surface area contributed by atoms with Crippen molar-refractivity contribution in [1.82, 2.24) is 20.1 Å². The molecular formula is C36H42N8O8S2. The molecule has 4 aromatic carbocycles. The Bertz CT molecular complexity index is 1920.